The van der Waals surface area contributed by atoms with E-state index in [1.54, 1.807) is 7.11 Å². The summed E-state index contributed by atoms with van der Waals surface area (Å²) in [6.45, 7) is 4.92. The molecular weight excluding hydrogens is 226 g/mol. The van der Waals surface area contributed by atoms with Crippen molar-refractivity contribution in [2.24, 2.45) is 5.92 Å². The van der Waals surface area contributed by atoms with Crippen LogP contribution in [-0.2, 0) is 17.9 Å². The summed E-state index contributed by atoms with van der Waals surface area (Å²) in [7, 11) is 1.72. The van der Waals surface area contributed by atoms with E-state index in [2.05, 4.69) is 30.4 Å². The van der Waals surface area contributed by atoms with Gasteiger partial charge in [-0.1, -0.05) is 37.6 Å². The molecule has 0 heterocycles. The standard InChI is InChI=1S/C15H25NO2/c1-3-13(8-9-17)10-16-11-14-6-4-5-7-15(14)12-18-2/h4-7,13,16-17H,3,8-12H2,1-2H3. The molecule has 1 aromatic rings. The topological polar surface area (TPSA) is 41.5 Å². The van der Waals surface area contributed by atoms with Crippen LogP contribution in [0.3, 0.4) is 0 Å². The molecule has 18 heavy (non-hydrogen) atoms. The molecule has 1 atom stereocenters. The number of ether oxygens (including phenoxy) is 1. The fourth-order valence-electron chi connectivity index (χ4n) is 2.07. The Morgan fingerprint density at radius 3 is 2.61 bits per heavy atom. The molecule has 0 saturated carbocycles. The molecule has 1 aromatic carbocycles. The molecule has 3 nitrogen and oxygen atoms in total. The third kappa shape index (κ3) is 5.17. The van der Waals surface area contributed by atoms with Gasteiger partial charge in [0.05, 0.1) is 6.61 Å². The fourth-order valence-corrected chi connectivity index (χ4v) is 2.07. The lowest BCUT2D eigenvalue weighted by Gasteiger charge is -2.15. The molecule has 0 bridgehead atoms. The minimum atomic E-state index is 0.278. The van der Waals surface area contributed by atoms with E-state index in [-0.39, 0.29) is 6.61 Å². The first-order chi connectivity index (χ1) is 8.81. The Morgan fingerprint density at radius 1 is 1.28 bits per heavy atom. The lowest BCUT2D eigenvalue weighted by molar-refractivity contribution is 0.184. The number of hydrogen-bond acceptors (Lipinski definition) is 3. The monoisotopic (exact) mass is 251 g/mol. The lowest BCUT2D eigenvalue weighted by atomic mass is 10.0. The molecule has 3 heteroatoms. The van der Waals surface area contributed by atoms with E-state index < -0.39 is 0 Å². The van der Waals surface area contributed by atoms with E-state index in [0.717, 1.165) is 25.9 Å². The predicted octanol–water partition coefficient (Wildman–Crippen LogP) is 2.33. The van der Waals surface area contributed by atoms with Gasteiger partial charge in [-0.3, -0.25) is 0 Å². The van der Waals surface area contributed by atoms with Crippen molar-refractivity contribution in [1.29, 1.82) is 0 Å². The van der Waals surface area contributed by atoms with Crippen molar-refractivity contribution in [3.63, 3.8) is 0 Å². The number of rotatable bonds is 9. The highest BCUT2D eigenvalue weighted by atomic mass is 16.5. The van der Waals surface area contributed by atoms with Crippen LogP contribution in [0, 0.1) is 5.92 Å². The van der Waals surface area contributed by atoms with E-state index in [1.807, 2.05) is 6.07 Å². The number of nitrogens with one attached hydrogen (secondary N) is 1. The molecule has 102 valence electrons. The minimum Gasteiger partial charge on any atom is -0.396 e. The maximum Gasteiger partial charge on any atom is 0.0716 e. The molecular formula is C15H25NO2. The van der Waals surface area contributed by atoms with Crippen LogP contribution in [0.25, 0.3) is 0 Å². The van der Waals surface area contributed by atoms with Gasteiger partial charge in [-0.25, -0.2) is 0 Å². The Bertz CT molecular complexity index is 328. The van der Waals surface area contributed by atoms with Gasteiger partial charge in [-0.05, 0) is 30.0 Å². The lowest BCUT2D eigenvalue weighted by Crippen LogP contribution is -2.23. The summed E-state index contributed by atoms with van der Waals surface area (Å²) in [5.41, 5.74) is 2.53. The van der Waals surface area contributed by atoms with Gasteiger partial charge in [0.15, 0.2) is 0 Å². The van der Waals surface area contributed by atoms with Crippen LogP contribution in [0.15, 0.2) is 24.3 Å². The van der Waals surface area contributed by atoms with E-state index in [4.69, 9.17) is 9.84 Å². The molecule has 0 spiro atoms. The highest BCUT2D eigenvalue weighted by Crippen LogP contribution is 2.11. The highest BCUT2D eigenvalue weighted by molar-refractivity contribution is 5.26. The highest BCUT2D eigenvalue weighted by Gasteiger charge is 2.06. The second kappa shape index (κ2) is 9.09. The summed E-state index contributed by atoms with van der Waals surface area (Å²) in [4.78, 5) is 0. The zero-order valence-corrected chi connectivity index (χ0v) is 11.5. The Labute approximate surface area is 110 Å². The molecule has 0 saturated heterocycles. The second-order valence-corrected chi connectivity index (χ2v) is 4.62. The third-order valence-electron chi connectivity index (χ3n) is 3.28. The van der Waals surface area contributed by atoms with Crippen LogP contribution in [0.4, 0.5) is 0 Å². The van der Waals surface area contributed by atoms with Gasteiger partial charge in [-0.2, -0.15) is 0 Å². The van der Waals surface area contributed by atoms with Crippen LogP contribution in [-0.4, -0.2) is 25.4 Å². The van der Waals surface area contributed by atoms with Gasteiger partial charge in [0.2, 0.25) is 0 Å². The van der Waals surface area contributed by atoms with Gasteiger partial charge >= 0.3 is 0 Å². The van der Waals surface area contributed by atoms with Crippen molar-refractivity contribution < 1.29 is 9.84 Å². The Hall–Kier alpha value is -0.900. The summed E-state index contributed by atoms with van der Waals surface area (Å²) in [5.74, 6) is 0.560. The van der Waals surface area contributed by atoms with Crippen LogP contribution >= 0.6 is 0 Å². The Morgan fingerprint density at radius 2 is 2.00 bits per heavy atom. The molecule has 1 rings (SSSR count). The van der Waals surface area contributed by atoms with Crippen LogP contribution in [0.5, 0.6) is 0 Å². The van der Waals surface area contributed by atoms with Gasteiger partial charge in [0, 0.05) is 20.3 Å². The normalized spacial score (nSPS) is 12.6. The Balaban J connectivity index is 2.42. The minimum absolute atomic E-state index is 0.278. The third-order valence-corrected chi connectivity index (χ3v) is 3.28. The first-order valence-electron chi connectivity index (χ1n) is 6.69. The molecule has 0 fully saturated rings. The molecule has 0 aromatic heterocycles. The summed E-state index contributed by atoms with van der Waals surface area (Å²) >= 11 is 0. The molecule has 2 N–H and O–H groups in total. The number of aliphatic hydroxyl groups is 1. The summed E-state index contributed by atoms with van der Waals surface area (Å²) in [5, 5.41) is 12.4. The largest absolute Gasteiger partial charge is 0.396 e. The smallest absolute Gasteiger partial charge is 0.0716 e. The van der Waals surface area contributed by atoms with Crippen LogP contribution in [0.1, 0.15) is 30.9 Å². The molecule has 0 aliphatic carbocycles. The summed E-state index contributed by atoms with van der Waals surface area (Å²) < 4.78 is 5.19. The first kappa shape index (κ1) is 15.2. The van der Waals surface area contributed by atoms with Crippen molar-refractivity contribution in [1.82, 2.24) is 5.32 Å². The zero-order valence-electron chi connectivity index (χ0n) is 11.5. The molecule has 0 aliphatic rings. The molecule has 0 radical (unpaired) electrons. The maximum atomic E-state index is 8.95. The molecule has 0 aliphatic heterocycles. The number of aliphatic hydroxyl groups excluding tert-OH is 1. The first-order valence-corrected chi connectivity index (χ1v) is 6.69. The average molecular weight is 251 g/mol. The molecule has 1 unspecified atom stereocenters. The van der Waals surface area contributed by atoms with E-state index in [1.165, 1.54) is 11.1 Å². The summed E-state index contributed by atoms with van der Waals surface area (Å²) in [6.07, 6.45) is 1.98. The van der Waals surface area contributed by atoms with Gasteiger partial charge in [0.1, 0.15) is 0 Å². The molecule has 0 amide bonds. The average Bonchev–Trinajstić information content (AvgIpc) is 2.40. The van der Waals surface area contributed by atoms with Crippen molar-refractivity contribution >= 4 is 0 Å². The number of hydrogen-bond donors (Lipinski definition) is 2. The number of benzene rings is 1. The van der Waals surface area contributed by atoms with Gasteiger partial charge in [0.25, 0.3) is 0 Å². The van der Waals surface area contributed by atoms with Crippen molar-refractivity contribution in [2.45, 2.75) is 32.9 Å². The maximum absolute atomic E-state index is 8.95. The Kier molecular flexibility index (Phi) is 7.65. The second-order valence-electron chi connectivity index (χ2n) is 4.62. The zero-order chi connectivity index (χ0) is 13.2. The van der Waals surface area contributed by atoms with Gasteiger partial charge in [-0.15, -0.1) is 0 Å². The van der Waals surface area contributed by atoms with Gasteiger partial charge < -0.3 is 15.2 Å². The van der Waals surface area contributed by atoms with Crippen molar-refractivity contribution in [3.05, 3.63) is 35.4 Å². The quantitative estimate of drug-likeness (QED) is 0.708. The summed E-state index contributed by atoms with van der Waals surface area (Å²) in [6, 6.07) is 8.33. The number of methoxy groups -OCH3 is 1. The SMILES string of the molecule is CCC(CCO)CNCc1ccccc1COC. The van der Waals surface area contributed by atoms with Crippen molar-refractivity contribution in [2.75, 3.05) is 20.3 Å². The van der Waals surface area contributed by atoms with E-state index >= 15 is 0 Å². The van der Waals surface area contributed by atoms with Crippen molar-refractivity contribution in [3.8, 4) is 0 Å². The fraction of sp³-hybridized carbons (Fsp3) is 0.600. The van der Waals surface area contributed by atoms with Crippen LogP contribution in [0.2, 0.25) is 0 Å². The predicted molar refractivity (Wildman–Crippen MR) is 74.3 cm³/mol. The van der Waals surface area contributed by atoms with E-state index in [0.29, 0.717) is 12.5 Å². The van der Waals surface area contributed by atoms with E-state index in [9.17, 15) is 0 Å². The van der Waals surface area contributed by atoms with Crippen LogP contribution < -0.4 is 5.32 Å².